The number of fused-ring (bicyclic) bond motifs is 1. The van der Waals surface area contributed by atoms with Crippen LogP contribution in [-0.4, -0.2) is 69.8 Å². The van der Waals surface area contributed by atoms with Crippen LogP contribution in [0.3, 0.4) is 0 Å². The van der Waals surface area contributed by atoms with E-state index in [0.717, 1.165) is 18.2 Å². The van der Waals surface area contributed by atoms with Crippen LogP contribution in [0.25, 0.3) is 33.5 Å². The number of phenolic OH excluding ortho intramolecular Hbond substituents is 2. The lowest BCUT2D eigenvalue weighted by atomic mass is 9.95. The smallest absolute Gasteiger partial charge is 0.238 e. The molecule has 13 nitrogen and oxygen atoms in total. The van der Waals surface area contributed by atoms with Crippen LogP contribution in [0.2, 0.25) is 0 Å². The van der Waals surface area contributed by atoms with Gasteiger partial charge in [-0.05, 0) is 54.1 Å². The quantitative estimate of drug-likeness (QED) is 0.101. The summed E-state index contributed by atoms with van der Waals surface area (Å²) in [6, 6.07) is 10.2. The van der Waals surface area contributed by atoms with E-state index in [1.165, 1.54) is 12.1 Å². The van der Waals surface area contributed by atoms with Gasteiger partial charge in [-0.2, -0.15) is 0 Å². The van der Waals surface area contributed by atoms with Crippen molar-refractivity contribution in [2.24, 2.45) is 10.9 Å². The molecule has 204 valence electrons. The molecule has 3 aromatic carbocycles. The number of imidazole rings is 1. The summed E-state index contributed by atoms with van der Waals surface area (Å²) in [5.74, 6) is -1.26. The van der Waals surface area contributed by atoms with Gasteiger partial charge in [0.15, 0.2) is 0 Å². The fourth-order valence-electron chi connectivity index (χ4n) is 4.01. The molecule has 0 aliphatic heterocycles. The maximum Gasteiger partial charge on any atom is 0.238 e. The van der Waals surface area contributed by atoms with Crippen LogP contribution < -0.4 is 16.2 Å². The van der Waals surface area contributed by atoms with Crippen molar-refractivity contribution >= 4 is 32.8 Å². The number of hydrogen-bond acceptors (Lipinski definition) is 9. The first-order valence-corrected chi connectivity index (χ1v) is 13.0. The van der Waals surface area contributed by atoms with Crippen LogP contribution >= 0.6 is 0 Å². The number of carbonyl (C=O) groups is 1. The maximum atomic E-state index is 12.6. The van der Waals surface area contributed by atoms with Crippen LogP contribution in [0.5, 0.6) is 11.5 Å². The molecule has 0 unspecified atom stereocenters. The molecule has 0 atom stereocenters. The second-order valence-corrected chi connectivity index (χ2v) is 10.4. The zero-order chi connectivity index (χ0) is 28.5. The number of nitrogen functional groups attached to an aromatic ring is 1. The number of nitrogens with zero attached hydrogens (tertiary/aromatic N) is 1. The minimum Gasteiger partial charge on any atom is -0.507 e. The number of H-pyrrole nitrogens is 1. The number of phenols is 2. The Morgan fingerprint density at radius 2 is 1.72 bits per heavy atom. The van der Waals surface area contributed by atoms with Gasteiger partial charge < -0.3 is 36.5 Å². The Labute approximate surface area is 222 Å². The van der Waals surface area contributed by atoms with Crippen LogP contribution in [0.15, 0.2) is 53.4 Å². The van der Waals surface area contributed by atoms with Crippen LogP contribution in [0, 0.1) is 5.41 Å². The maximum absolute atomic E-state index is 12.6. The monoisotopic (exact) mass is 554 g/mol. The van der Waals surface area contributed by atoms with Gasteiger partial charge in [-0.25, -0.2) is 18.5 Å². The number of amidine groups is 1. The fraction of sp³-hybridized carbons (Fsp3) is 0.160. The number of hydrogen-bond donors (Lipinski definition) is 9. The fourth-order valence-corrected chi connectivity index (χ4v) is 4.55. The zero-order valence-corrected chi connectivity index (χ0v) is 21.2. The second-order valence-electron chi connectivity index (χ2n) is 8.80. The predicted octanol–water partition coefficient (Wildman–Crippen LogP) is 0.251. The van der Waals surface area contributed by atoms with Crippen molar-refractivity contribution < 1.29 is 33.6 Å². The number of amides is 1. The highest BCUT2D eigenvalue weighted by Gasteiger charge is 2.22. The number of aliphatic hydroxyl groups is 2. The molecule has 0 fully saturated rings. The van der Waals surface area contributed by atoms with E-state index >= 15 is 0 Å². The van der Waals surface area contributed by atoms with Crippen LogP contribution in [0.4, 0.5) is 0 Å². The van der Waals surface area contributed by atoms with Gasteiger partial charge in [0.25, 0.3) is 0 Å². The lowest BCUT2D eigenvalue weighted by Crippen LogP contribution is -2.40. The van der Waals surface area contributed by atoms with Crippen molar-refractivity contribution in [3.63, 3.8) is 0 Å². The third-order valence-electron chi connectivity index (χ3n) is 5.97. The zero-order valence-electron chi connectivity index (χ0n) is 20.3. The average Bonchev–Trinajstić information content (AvgIpc) is 3.31. The van der Waals surface area contributed by atoms with E-state index in [1.54, 1.807) is 18.2 Å². The first-order chi connectivity index (χ1) is 18.4. The summed E-state index contributed by atoms with van der Waals surface area (Å²) in [6.45, 7) is -0.965. The molecule has 0 saturated carbocycles. The molecule has 14 heteroatoms. The molecule has 0 aliphatic rings. The molecule has 0 bridgehead atoms. The summed E-state index contributed by atoms with van der Waals surface area (Å²) in [5.41, 5.74) is 7.39. The Bertz CT molecular complexity index is 1700. The van der Waals surface area contributed by atoms with Crippen molar-refractivity contribution in [2.45, 2.75) is 17.4 Å². The first kappa shape index (κ1) is 27.5. The van der Waals surface area contributed by atoms with Gasteiger partial charge in [0.05, 0.1) is 47.2 Å². The van der Waals surface area contributed by atoms with Crippen molar-refractivity contribution in [3.05, 3.63) is 59.7 Å². The van der Waals surface area contributed by atoms with Gasteiger partial charge in [-0.15, -0.1) is 0 Å². The standard InChI is InChI=1S/C25H26N6O7S/c26-24(27)13-1-3-19-20(8-13)31-25(30-19)18-6-12(7-22(35)29-14(10-32)11-33)5-17(23(18)36)16-9-15(39(28,37)38)2-4-21(16)34/h1-6,8-9,14,32-34,36H,7,10-11H2,(H3,26,27)(H,29,35)(H,30,31)(H2,28,37,38). The van der Waals surface area contributed by atoms with E-state index in [-0.39, 0.29) is 51.2 Å². The number of aromatic amines is 1. The molecule has 1 aromatic heterocycles. The van der Waals surface area contributed by atoms with E-state index in [2.05, 4.69) is 15.3 Å². The minimum absolute atomic E-state index is 0.0101. The first-order valence-electron chi connectivity index (χ1n) is 11.5. The molecule has 1 amide bonds. The highest BCUT2D eigenvalue weighted by atomic mass is 32.2. The van der Waals surface area contributed by atoms with Crippen molar-refractivity contribution in [3.8, 4) is 34.0 Å². The number of sulfonamides is 1. The molecule has 1 heterocycles. The molecule has 4 aromatic rings. The average molecular weight is 555 g/mol. The summed E-state index contributed by atoms with van der Waals surface area (Å²) in [6.07, 6.45) is -0.263. The third-order valence-corrected chi connectivity index (χ3v) is 6.89. The van der Waals surface area contributed by atoms with E-state index in [0.29, 0.717) is 22.2 Å². The number of carbonyl (C=O) groups excluding carboxylic acids is 1. The van der Waals surface area contributed by atoms with Gasteiger partial charge in [-0.3, -0.25) is 10.2 Å². The lowest BCUT2D eigenvalue weighted by Gasteiger charge is -2.16. The number of rotatable bonds is 9. The molecule has 0 radical (unpaired) electrons. The molecule has 0 aliphatic carbocycles. The summed E-state index contributed by atoms with van der Waals surface area (Å²) < 4.78 is 23.9. The molecular formula is C25H26N6O7S. The Balaban J connectivity index is 1.90. The van der Waals surface area contributed by atoms with Gasteiger partial charge in [0.1, 0.15) is 23.2 Å². The Morgan fingerprint density at radius 1 is 1.03 bits per heavy atom. The summed E-state index contributed by atoms with van der Waals surface area (Å²) in [4.78, 5) is 19.8. The van der Waals surface area contributed by atoms with Crippen LogP contribution in [-0.2, 0) is 21.2 Å². The normalized spacial score (nSPS) is 11.7. The number of aliphatic hydroxyl groups excluding tert-OH is 2. The molecular weight excluding hydrogens is 528 g/mol. The van der Waals surface area contributed by atoms with Gasteiger partial charge in [-0.1, -0.05) is 0 Å². The molecule has 0 spiro atoms. The molecule has 4 rings (SSSR count). The lowest BCUT2D eigenvalue weighted by molar-refractivity contribution is -0.121. The number of benzene rings is 3. The van der Waals surface area contributed by atoms with E-state index < -0.39 is 35.2 Å². The van der Waals surface area contributed by atoms with Crippen molar-refractivity contribution in [1.29, 1.82) is 5.41 Å². The minimum atomic E-state index is -4.15. The predicted molar refractivity (Wildman–Crippen MR) is 142 cm³/mol. The number of aromatic nitrogens is 2. The highest BCUT2D eigenvalue weighted by Crippen LogP contribution is 2.42. The SMILES string of the molecule is N=C(N)c1ccc2nc(-c3cc(CC(=O)NC(CO)CO)cc(-c4cc(S(N)(=O)=O)ccc4O)c3O)[nH]c2c1. The molecule has 0 saturated heterocycles. The van der Waals surface area contributed by atoms with Crippen LogP contribution in [0.1, 0.15) is 11.1 Å². The van der Waals surface area contributed by atoms with E-state index in [1.807, 2.05) is 0 Å². The second kappa shape index (κ2) is 10.7. The molecule has 39 heavy (non-hydrogen) atoms. The highest BCUT2D eigenvalue weighted by molar-refractivity contribution is 7.89. The summed E-state index contributed by atoms with van der Waals surface area (Å²) >= 11 is 0. The summed E-state index contributed by atoms with van der Waals surface area (Å²) in [7, 11) is -4.15. The number of aromatic hydroxyl groups is 2. The van der Waals surface area contributed by atoms with E-state index in [9.17, 15) is 33.6 Å². The largest absolute Gasteiger partial charge is 0.507 e. The Hall–Kier alpha value is -4.50. The summed E-state index contributed by atoms with van der Waals surface area (Å²) in [5, 5.41) is 55.8. The van der Waals surface area contributed by atoms with Crippen molar-refractivity contribution in [2.75, 3.05) is 13.2 Å². The Kier molecular flexibility index (Phi) is 7.56. The van der Waals surface area contributed by atoms with Crippen molar-refractivity contribution in [1.82, 2.24) is 15.3 Å². The van der Waals surface area contributed by atoms with Gasteiger partial charge in [0.2, 0.25) is 15.9 Å². The topological polar surface area (TPSA) is 249 Å². The van der Waals surface area contributed by atoms with Gasteiger partial charge >= 0.3 is 0 Å². The third kappa shape index (κ3) is 5.83. The molecule has 11 N–H and O–H groups in total. The van der Waals surface area contributed by atoms with E-state index in [4.69, 9.17) is 16.3 Å². The Morgan fingerprint density at radius 3 is 2.36 bits per heavy atom. The number of primary sulfonamides is 1. The van der Waals surface area contributed by atoms with Gasteiger partial charge in [0, 0.05) is 16.7 Å². The number of nitrogens with two attached hydrogens (primary N) is 2. The number of nitrogens with one attached hydrogen (secondary N) is 3.